The van der Waals surface area contributed by atoms with Crippen LogP contribution in [0.4, 0.5) is 9.18 Å². The average molecular weight is 361 g/mol. The lowest BCUT2D eigenvalue weighted by Crippen LogP contribution is -2.75. The molecule has 1 aromatic carbocycles. The van der Waals surface area contributed by atoms with Crippen molar-refractivity contribution in [3.63, 3.8) is 0 Å². The Morgan fingerprint density at radius 2 is 2.17 bits per heavy atom. The molecule has 1 amide bonds. The Morgan fingerprint density at radius 3 is 2.83 bits per heavy atom. The van der Waals surface area contributed by atoms with Gasteiger partial charge in [-0.25, -0.2) is 9.18 Å². The van der Waals surface area contributed by atoms with Crippen molar-refractivity contribution in [1.29, 1.82) is 0 Å². The molecule has 1 aliphatic heterocycles. The molecule has 96 valence electrons. The molecule has 0 spiro atoms. The highest BCUT2D eigenvalue weighted by Gasteiger charge is 2.61. The zero-order chi connectivity index (χ0) is 12.7. The van der Waals surface area contributed by atoms with Crippen LogP contribution in [0.3, 0.4) is 0 Å². The fraction of sp³-hybridized carbons (Fsp3) is 0.462. The van der Waals surface area contributed by atoms with E-state index in [1.807, 2.05) is 30.3 Å². The Balaban J connectivity index is 1.52. The highest BCUT2D eigenvalue weighted by atomic mass is 127. The molecule has 2 aliphatic rings. The molecule has 1 heterocycles. The molecule has 1 saturated heterocycles. The van der Waals surface area contributed by atoms with Crippen molar-refractivity contribution >= 4 is 28.7 Å². The number of fused-ring (bicyclic) bond motifs is 1. The van der Waals surface area contributed by atoms with Gasteiger partial charge in [0.2, 0.25) is 0 Å². The number of benzene rings is 1. The van der Waals surface area contributed by atoms with Gasteiger partial charge in [0.25, 0.3) is 0 Å². The third-order valence-electron chi connectivity index (χ3n) is 3.69. The van der Waals surface area contributed by atoms with Gasteiger partial charge in [0.05, 0.1) is 9.97 Å². The van der Waals surface area contributed by atoms with E-state index in [1.54, 1.807) is 4.90 Å². The normalized spacial score (nSPS) is 33.1. The van der Waals surface area contributed by atoms with E-state index in [9.17, 15) is 9.18 Å². The minimum atomic E-state index is -0.756. The Hall–Kier alpha value is -0.850. The van der Waals surface area contributed by atoms with Crippen molar-refractivity contribution in [3.05, 3.63) is 35.9 Å². The summed E-state index contributed by atoms with van der Waals surface area (Å²) in [6.45, 7) is 0.775. The van der Waals surface area contributed by atoms with E-state index < -0.39 is 6.17 Å². The van der Waals surface area contributed by atoms with Gasteiger partial charge in [0.1, 0.15) is 12.8 Å². The molecular weight excluding hydrogens is 348 g/mol. The number of nitrogens with zero attached hydrogens (tertiary/aromatic N) is 1. The number of hydrogen-bond donors (Lipinski definition) is 0. The van der Waals surface area contributed by atoms with E-state index in [2.05, 4.69) is 22.6 Å². The molecule has 5 heteroatoms. The largest absolute Gasteiger partial charge is 0.445 e. The molecule has 4 atom stereocenters. The second-order valence-corrected chi connectivity index (χ2v) is 6.17. The summed E-state index contributed by atoms with van der Waals surface area (Å²) in [6, 6.07) is 9.60. The zero-order valence-corrected chi connectivity index (χ0v) is 11.8. The number of rotatable bonds is 2. The van der Waals surface area contributed by atoms with Gasteiger partial charge in [-0.1, -0.05) is 52.9 Å². The van der Waals surface area contributed by atoms with Crippen molar-refractivity contribution in [2.75, 3.05) is 6.54 Å². The Morgan fingerprint density at radius 1 is 1.44 bits per heavy atom. The summed E-state index contributed by atoms with van der Waals surface area (Å²) < 4.78 is 18.5. The van der Waals surface area contributed by atoms with Crippen molar-refractivity contribution in [1.82, 2.24) is 4.90 Å². The van der Waals surface area contributed by atoms with Crippen LogP contribution in [0.2, 0.25) is 0 Å². The van der Waals surface area contributed by atoms with E-state index in [0.717, 1.165) is 5.56 Å². The molecule has 0 radical (unpaired) electrons. The van der Waals surface area contributed by atoms with Gasteiger partial charge in [-0.15, -0.1) is 0 Å². The Labute approximate surface area is 118 Å². The van der Waals surface area contributed by atoms with Crippen LogP contribution in [0.1, 0.15) is 5.56 Å². The number of amides is 1. The number of hydrogen-bond acceptors (Lipinski definition) is 2. The number of likely N-dealkylation sites (tertiary alicyclic amines) is 1. The van der Waals surface area contributed by atoms with Crippen LogP contribution in [-0.2, 0) is 11.3 Å². The molecule has 1 saturated carbocycles. The summed E-state index contributed by atoms with van der Waals surface area (Å²) in [5.74, 6) is 0.0381. The van der Waals surface area contributed by atoms with Crippen molar-refractivity contribution in [2.45, 2.75) is 22.7 Å². The van der Waals surface area contributed by atoms with Crippen LogP contribution in [0.15, 0.2) is 30.3 Å². The molecule has 0 aromatic heterocycles. The highest BCUT2D eigenvalue weighted by molar-refractivity contribution is 14.1. The van der Waals surface area contributed by atoms with E-state index in [0.29, 0.717) is 6.54 Å². The number of carbonyl (C=O) groups excluding carboxylic acids is 1. The number of ether oxygens (including phenoxy) is 1. The van der Waals surface area contributed by atoms with Crippen LogP contribution < -0.4 is 0 Å². The van der Waals surface area contributed by atoms with E-state index in [4.69, 9.17) is 4.74 Å². The van der Waals surface area contributed by atoms with Gasteiger partial charge in [0, 0.05) is 12.5 Å². The predicted molar refractivity (Wildman–Crippen MR) is 73.3 cm³/mol. The molecule has 1 aromatic rings. The first-order chi connectivity index (χ1) is 8.68. The molecule has 4 unspecified atom stereocenters. The summed E-state index contributed by atoms with van der Waals surface area (Å²) in [4.78, 5) is 13.5. The van der Waals surface area contributed by atoms with Gasteiger partial charge in [-0.3, -0.25) is 0 Å². The maximum absolute atomic E-state index is 13.3. The van der Waals surface area contributed by atoms with E-state index >= 15 is 0 Å². The lowest BCUT2D eigenvalue weighted by Gasteiger charge is -2.59. The van der Waals surface area contributed by atoms with Crippen molar-refractivity contribution < 1.29 is 13.9 Å². The lowest BCUT2D eigenvalue weighted by atomic mass is 9.70. The molecular formula is C13H13FINO2. The summed E-state index contributed by atoms with van der Waals surface area (Å²) in [6.07, 6.45) is -1.08. The summed E-state index contributed by atoms with van der Waals surface area (Å²) in [5.41, 5.74) is 0.964. The second kappa shape index (κ2) is 4.68. The molecule has 18 heavy (non-hydrogen) atoms. The van der Waals surface area contributed by atoms with Crippen LogP contribution >= 0.6 is 22.6 Å². The first kappa shape index (κ1) is 12.2. The van der Waals surface area contributed by atoms with Gasteiger partial charge < -0.3 is 9.64 Å². The first-order valence-corrected chi connectivity index (χ1v) is 7.18. The summed E-state index contributed by atoms with van der Waals surface area (Å²) in [5, 5.41) is 0. The SMILES string of the molecule is O=C(OCc1ccccc1)N1CC2C(F)C(I)C21. The monoisotopic (exact) mass is 361 g/mol. The molecule has 0 N–H and O–H groups in total. The van der Waals surface area contributed by atoms with Crippen LogP contribution in [-0.4, -0.2) is 33.7 Å². The highest BCUT2D eigenvalue weighted by Crippen LogP contribution is 2.48. The fourth-order valence-electron chi connectivity index (χ4n) is 2.52. The first-order valence-electron chi connectivity index (χ1n) is 5.94. The fourth-order valence-corrected chi connectivity index (χ4v) is 3.98. The number of halogens is 2. The van der Waals surface area contributed by atoms with Crippen LogP contribution in [0.5, 0.6) is 0 Å². The zero-order valence-electron chi connectivity index (χ0n) is 9.63. The number of alkyl halides is 2. The van der Waals surface area contributed by atoms with Gasteiger partial charge in [0.15, 0.2) is 0 Å². The molecule has 0 bridgehead atoms. The lowest BCUT2D eigenvalue weighted by molar-refractivity contribution is -0.0938. The average Bonchev–Trinajstić information content (AvgIpc) is 2.36. The smallest absolute Gasteiger partial charge is 0.410 e. The van der Waals surface area contributed by atoms with Gasteiger partial charge in [-0.2, -0.15) is 0 Å². The van der Waals surface area contributed by atoms with E-state index in [1.165, 1.54) is 0 Å². The Bertz CT molecular complexity index is 450. The quantitative estimate of drug-likeness (QED) is 0.599. The maximum Gasteiger partial charge on any atom is 0.410 e. The number of carbonyl (C=O) groups is 1. The predicted octanol–water partition coefficient (Wildman–Crippen LogP) is 2.78. The second-order valence-electron chi connectivity index (χ2n) is 4.74. The van der Waals surface area contributed by atoms with Crippen LogP contribution in [0, 0.1) is 5.92 Å². The number of piperidine rings is 1. The molecule has 3 rings (SSSR count). The minimum absolute atomic E-state index is 0.0381. The van der Waals surface area contributed by atoms with Crippen LogP contribution in [0.25, 0.3) is 0 Å². The summed E-state index contributed by atoms with van der Waals surface area (Å²) >= 11 is 2.08. The van der Waals surface area contributed by atoms with Gasteiger partial charge >= 0.3 is 6.09 Å². The topological polar surface area (TPSA) is 29.5 Å². The van der Waals surface area contributed by atoms with Crippen molar-refractivity contribution in [2.24, 2.45) is 5.92 Å². The minimum Gasteiger partial charge on any atom is -0.445 e. The molecule has 2 fully saturated rings. The van der Waals surface area contributed by atoms with Crippen molar-refractivity contribution in [3.8, 4) is 0 Å². The van der Waals surface area contributed by atoms with E-state index in [-0.39, 0.29) is 28.6 Å². The summed E-state index contributed by atoms with van der Waals surface area (Å²) in [7, 11) is 0. The standard InChI is InChI=1S/C13H13FINO2/c14-10-9-6-16(12(9)11(10)15)13(17)18-7-8-4-2-1-3-5-8/h1-5,9-12H,6-7H2. The maximum atomic E-state index is 13.3. The Kier molecular flexibility index (Phi) is 3.17. The van der Waals surface area contributed by atoms with Gasteiger partial charge in [-0.05, 0) is 5.56 Å². The molecule has 1 aliphatic carbocycles. The third-order valence-corrected chi connectivity index (χ3v) is 5.11. The third kappa shape index (κ3) is 1.88. The molecule has 3 nitrogen and oxygen atoms in total.